The summed E-state index contributed by atoms with van der Waals surface area (Å²) in [4.78, 5) is 11.1. The summed E-state index contributed by atoms with van der Waals surface area (Å²) in [5, 5.41) is 0. The zero-order valence-corrected chi connectivity index (χ0v) is 8.57. The van der Waals surface area contributed by atoms with E-state index < -0.39 is 0 Å². The van der Waals surface area contributed by atoms with Crippen molar-refractivity contribution in [2.45, 2.75) is 12.3 Å². The molecule has 0 amide bonds. The highest BCUT2D eigenvalue weighted by molar-refractivity contribution is 5.70. The molecule has 4 heteroatoms. The second-order valence-electron chi connectivity index (χ2n) is 3.23. The van der Waals surface area contributed by atoms with Crippen LogP contribution in [0, 0.1) is 5.82 Å². The SMILES string of the molecule is COC(=O)C[C@@H](CN)c1ccccc1F. The van der Waals surface area contributed by atoms with E-state index in [0.29, 0.717) is 5.56 Å². The zero-order chi connectivity index (χ0) is 11.3. The molecule has 0 aliphatic heterocycles. The van der Waals surface area contributed by atoms with Crippen molar-refractivity contribution < 1.29 is 13.9 Å². The Labute approximate surface area is 88.0 Å². The summed E-state index contributed by atoms with van der Waals surface area (Å²) < 4.78 is 17.9. The summed E-state index contributed by atoms with van der Waals surface area (Å²) in [5.74, 6) is -1.04. The average Bonchev–Trinajstić information content (AvgIpc) is 2.26. The molecule has 0 aliphatic rings. The molecule has 1 aromatic rings. The van der Waals surface area contributed by atoms with Crippen LogP contribution in [-0.4, -0.2) is 19.6 Å². The Kier molecular flexibility index (Phi) is 4.24. The first-order chi connectivity index (χ1) is 7.19. The van der Waals surface area contributed by atoms with Crippen LogP contribution in [0.2, 0.25) is 0 Å². The Bertz CT molecular complexity index is 341. The minimum Gasteiger partial charge on any atom is -0.469 e. The highest BCUT2D eigenvalue weighted by atomic mass is 19.1. The highest BCUT2D eigenvalue weighted by Crippen LogP contribution is 2.21. The van der Waals surface area contributed by atoms with Gasteiger partial charge in [-0.05, 0) is 18.2 Å². The molecule has 1 atom stereocenters. The predicted octanol–water partition coefficient (Wildman–Crippen LogP) is 1.43. The van der Waals surface area contributed by atoms with Gasteiger partial charge in [0, 0.05) is 5.92 Å². The van der Waals surface area contributed by atoms with Gasteiger partial charge in [0.1, 0.15) is 5.82 Å². The van der Waals surface area contributed by atoms with Crippen LogP contribution in [0.15, 0.2) is 24.3 Å². The molecule has 3 nitrogen and oxygen atoms in total. The van der Waals surface area contributed by atoms with Crippen molar-refractivity contribution in [1.82, 2.24) is 0 Å². The summed E-state index contributed by atoms with van der Waals surface area (Å²) in [6, 6.07) is 6.31. The third kappa shape index (κ3) is 3.02. The largest absolute Gasteiger partial charge is 0.469 e. The van der Waals surface area contributed by atoms with Crippen molar-refractivity contribution in [3.63, 3.8) is 0 Å². The molecule has 82 valence electrons. The third-order valence-electron chi connectivity index (χ3n) is 2.27. The minimum absolute atomic E-state index is 0.105. The van der Waals surface area contributed by atoms with Gasteiger partial charge in [0.25, 0.3) is 0 Å². The van der Waals surface area contributed by atoms with Crippen LogP contribution < -0.4 is 5.73 Å². The van der Waals surface area contributed by atoms with Crippen LogP contribution >= 0.6 is 0 Å². The summed E-state index contributed by atoms with van der Waals surface area (Å²) in [7, 11) is 1.30. The number of carbonyl (C=O) groups excluding carboxylic acids is 1. The zero-order valence-electron chi connectivity index (χ0n) is 8.57. The smallest absolute Gasteiger partial charge is 0.306 e. The van der Waals surface area contributed by atoms with Gasteiger partial charge < -0.3 is 10.5 Å². The van der Waals surface area contributed by atoms with Crippen LogP contribution in [0.25, 0.3) is 0 Å². The van der Waals surface area contributed by atoms with E-state index in [1.165, 1.54) is 13.2 Å². The Balaban J connectivity index is 2.83. The predicted molar refractivity (Wildman–Crippen MR) is 54.8 cm³/mol. The fourth-order valence-electron chi connectivity index (χ4n) is 1.41. The molecule has 0 fully saturated rings. The van der Waals surface area contributed by atoms with Gasteiger partial charge in [-0.25, -0.2) is 4.39 Å². The fraction of sp³-hybridized carbons (Fsp3) is 0.364. The quantitative estimate of drug-likeness (QED) is 0.766. The van der Waals surface area contributed by atoms with Crippen molar-refractivity contribution in [2.75, 3.05) is 13.7 Å². The first-order valence-corrected chi connectivity index (χ1v) is 4.70. The molecule has 0 saturated carbocycles. The van der Waals surface area contributed by atoms with Crippen molar-refractivity contribution in [2.24, 2.45) is 5.73 Å². The molecule has 1 rings (SSSR count). The Hall–Kier alpha value is -1.42. The molecule has 0 radical (unpaired) electrons. The number of hydrogen-bond donors (Lipinski definition) is 1. The lowest BCUT2D eigenvalue weighted by molar-refractivity contribution is -0.141. The van der Waals surface area contributed by atoms with E-state index in [2.05, 4.69) is 4.74 Å². The Morgan fingerprint density at radius 2 is 2.20 bits per heavy atom. The minimum atomic E-state index is -0.381. The van der Waals surface area contributed by atoms with Gasteiger partial charge >= 0.3 is 5.97 Å². The maximum absolute atomic E-state index is 13.4. The Morgan fingerprint density at radius 3 is 2.73 bits per heavy atom. The van der Waals surface area contributed by atoms with Crippen molar-refractivity contribution in [1.29, 1.82) is 0 Å². The topological polar surface area (TPSA) is 52.3 Å². The third-order valence-corrected chi connectivity index (χ3v) is 2.27. The number of rotatable bonds is 4. The number of nitrogens with two attached hydrogens (primary N) is 1. The first kappa shape index (κ1) is 11.7. The van der Waals surface area contributed by atoms with E-state index in [1.54, 1.807) is 18.2 Å². The summed E-state index contributed by atoms with van der Waals surface area (Å²) in [6.07, 6.45) is 0.105. The molecule has 2 N–H and O–H groups in total. The maximum Gasteiger partial charge on any atom is 0.306 e. The number of carbonyl (C=O) groups is 1. The highest BCUT2D eigenvalue weighted by Gasteiger charge is 2.17. The molecular weight excluding hydrogens is 197 g/mol. The number of halogens is 1. The molecule has 0 saturated heterocycles. The van der Waals surface area contributed by atoms with E-state index in [4.69, 9.17) is 5.73 Å². The summed E-state index contributed by atoms with van der Waals surface area (Å²) in [5.41, 5.74) is 5.97. The number of hydrogen-bond acceptors (Lipinski definition) is 3. The lowest BCUT2D eigenvalue weighted by Gasteiger charge is -2.14. The Morgan fingerprint density at radius 1 is 1.53 bits per heavy atom. The molecule has 1 aromatic carbocycles. The first-order valence-electron chi connectivity index (χ1n) is 4.70. The van der Waals surface area contributed by atoms with Crippen LogP contribution in [-0.2, 0) is 9.53 Å². The molecule has 0 aromatic heterocycles. The molecule has 15 heavy (non-hydrogen) atoms. The molecule has 0 spiro atoms. The van der Waals surface area contributed by atoms with Gasteiger partial charge in [-0.3, -0.25) is 4.79 Å². The number of ether oxygens (including phenoxy) is 1. The van der Waals surface area contributed by atoms with E-state index >= 15 is 0 Å². The van der Waals surface area contributed by atoms with Gasteiger partial charge in [0.05, 0.1) is 13.5 Å². The number of benzene rings is 1. The van der Waals surface area contributed by atoms with E-state index in [-0.39, 0.29) is 30.7 Å². The molecule has 0 unspecified atom stereocenters. The van der Waals surface area contributed by atoms with Crippen LogP contribution in [0.3, 0.4) is 0 Å². The summed E-state index contributed by atoms with van der Waals surface area (Å²) >= 11 is 0. The average molecular weight is 211 g/mol. The summed E-state index contributed by atoms with van der Waals surface area (Å²) in [6.45, 7) is 0.218. The van der Waals surface area contributed by atoms with Gasteiger partial charge in [0.15, 0.2) is 0 Å². The lowest BCUT2D eigenvalue weighted by Crippen LogP contribution is -2.18. The number of esters is 1. The van der Waals surface area contributed by atoms with Crippen LogP contribution in [0.1, 0.15) is 17.9 Å². The second kappa shape index (κ2) is 5.46. The van der Waals surface area contributed by atoms with Crippen molar-refractivity contribution in [3.05, 3.63) is 35.6 Å². The monoisotopic (exact) mass is 211 g/mol. The number of methoxy groups -OCH3 is 1. The molecule has 0 aliphatic carbocycles. The molecular formula is C11H14FNO2. The van der Waals surface area contributed by atoms with Crippen LogP contribution in [0.4, 0.5) is 4.39 Å². The van der Waals surface area contributed by atoms with Gasteiger partial charge in [-0.2, -0.15) is 0 Å². The van der Waals surface area contributed by atoms with Crippen LogP contribution in [0.5, 0.6) is 0 Å². The molecule has 0 heterocycles. The van der Waals surface area contributed by atoms with Gasteiger partial charge in [0.2, 0.25) is 0 Å². The van der Waals surface area contributed by atoms with E-state index in [9.17, 15) is 9.18 Å². The fourth-order valence-corrected chi connectivity index (χ4v) is 1.41. The normalized spacial score (nSPS) is 12.2. The van der Waals surface area contributed by atoms with Gasteiger partial charge in [-0.15, -0.1) is 0 Å². The molecule has 0 bridgehead atoms. The van der Waals surface area contributed by atoms with E-state index in [0.717, 1.165) is 0 Å². The van der Waals surface area contributed by atoms with Crippen molar-refractivity contribution in [3.8, 4) is 0 Å². The second-order valence-corrected chi connectivity index (χ2v) is 3.23. The van der Waals surface area contributed by atoms with Crippen molar-refractivity contribution >= 4 is 5.97 Å². The van der Waals surface area contributed by atoms with E-state index in [1.807, 2.05) is 0 Å². The van der Waals surface area contributed by atoms with Gasteiger partial charge in [-0.1, -0.05) is 18.2 Å². The lowest BCUT2D eigenvalue weighted by atomic mass is 9.95. The standard InChI is InChI=1S/C11H14FNO2/c1-15-11(14)6-8(7-13)9-4-2-3-5-10(9)12/h2-5,8H,6-7,13H2,1H3/t8-/m0/s1. The maximum atomic E-state index is 13.4.